The number of esters is 3. The molecule has 0 N–H and O–H groups in total. The minimum absolute atomic E-state index is 0.118. The largest absolute Gasteiger partial charge is 0.464 e. The fourth-order valence-corrected chi connectivity index (χ4v) is 4.56. The van der Waals surface area contributed by atoms with E-state index in [0.29, 0.717) is 5.69 Å². The Morgan fingerprint density at radius 3 is 2.57 bits per heavy atom. The summed E-state index contributed by atoms with van der Waals surface area (Å²) in [5, 5.41) is 1.71. The molecule has 0 saturated carbocycles. The smallest absolute Gasteiger partial charge is 0.345 e. The molecule has 1 unspecified atom stereocenters. The van der Waals surface area contributed by atoms with Gasteiger partial charge in [0.05, 0.1) is 31.0 Å². The van der Waals surface area contributed by atoms with Crippen LogP contribution in [-0.2, 0) is 50.1 Å². The van der Waals surface area contributed by atoms with Crippen LogP contribution in [0.15, 0.2) is 41.2 Å². The van der Waals surface area contributed by atoms with Crippen LogP contribution in [0.25, 0.3) is 0 Å². The zero-order valence-corrected chi connectivity index (χ0v) is 20.5. The van der Waals surface area contributed by atoms with Gasteiger partial charge in [0.15, 0.2) is 6.10 Å². The molecule has 35 heavy (non-hydrogen) atoms. The number of rotatable bonds is 10. The molecule has 2 aromatic rings. The Bertz CT molecular complexity index is 1070. The maximum Gasteiger partial charge on any atom is 0.345 e. The monoisotopic (exact) mass is 501 g/mol. The van der Waals surface area contributed by atoms with Crippen LogP contribution in [0, 0.1) is 12.3 Å². The molecule has 0 spiro atoms. The molecule has 1 fully saturated rings. The number of terminal acetylenes is 1. The van der Waals surface area contributed by atoms with Crippen LogP contribution in [-0.4, -0.2) is 60.5 Å². The van der Waals surface area contributed by atoms with E-state index in [1.54, 1.807) is 17.8 Å². The van der Waals surface area contributed by atoms with Gasteiger partial charge >= 0.3 is 17.9 Å². The molecular weight excluding hydrogens is 474 g/mol. The highest BCUT2D eigenvalue weighted by Crippen LogP contribution is 2.37. The van der Waals surface area contributed by atoms with Crippen molar-refractivity contribution in [2.75, 3.05) is 19.8 Å². The summed E-state index contributed by atoms with van der Waals surface area (Å²) in [7, 11) is 0. The lowest BCUT2D eigenvalue weighted by Crippen LogP contribution is -2.54. The van der Waals surface area contributed by atoms with E-state index in [2.05, 4.69) is 10.9 Å². The third kappa shape index (κ3) is 5.70. The first-order valence-corrected chi connectivity index (χ1v) is 11.9. The standard InChI is InChI=1S/C25H27NO8S/c1-5-24(34-18(4)28)21(31-13-22(24)33-17(3)27)14-32-25(23(29)30-6-2,20-15-35-16-26-20)12-19-10-8-7-9-11-19/h1,7-11,15-16,21-22H,6,12-14H2,2-4H3/t21-,22+,24-,25?/m1/s1. The van der Waals surface area contributed by atoms with Crippen LogP contribution in [0.5, 0.6) is 0 Å². The molecule has 3 rings (SSSR count). The van der Waals surface area contributed by atoms with E-state index in [1.165, 1.54) is 25.2 Å². The fraction of sp³-hybridized carbons (Fsp3) is 0.440. The van der Waals surface area contributed by atoms with Gasteiger partial charge in [0.25, 0.3) is 0 Å². The quantitative estimate of drug-likeness (QED) is 0.275. The molecule has 2 heterocycles. The van der Waals surface area contributed by atoms with Crippen molar-refractivity contribution >= 4 is 29.2 Å². The van der Waals surface area contributed by atoms with Crippen molar-refractivity contribution in [2.45, 2.75) is 50.6 Å². The van der Waals surface area contributed by atoms with Crippen molar-refractivity contribution in [1.82, 2.24) is 4.98 Å². The average molecular weight is 502 g/mol. The second kappa shape index (κ2) is 11.4. The molecule has 0 radical (unpaired) electrons. The summed E-state index contributed by atoms with van der Waals surface area (Å²) in [6, 6.07) is 9.27. The van der Waals surface area contributed by atoms with Crippen molar-refractivity contribution in [1.29, 1.82) is 0 Å². The van der Waals surface area contributed by atoms with Gasteiger partial charge in [-0.1, -0.05) is 36.3 Å². The Hall–Kier alpha value is -3.26. The number of thiazole rings is 1. The number of hydrogen-bond acceptors (Lipinski definition) is 10. The molecule has 1 aliphatic rings. The van der Waals surface area contributed by atoms with Crippen molar-refractivity contribution in [3.05, 3.63) is 52.5 Å². The molecule has 10 heteroatoms. The predicted molar refractivity (Wildman–Crippen MR) is 125 cm³/mol. The highest BCUT2D eigenvalue weighted by Gasteiger charge is 2.57. The van der Waals surface area contributed by atoms with Gasteiger partial charge in [0, 0.05) is 25.6 Å². The first kappa shape index (κ1) is 26.3. The average Bonchev–Trinajstić information content (AvgIpc) is 3.47. The van der Waals surface area contributed by atoms with Gasteiger partial charge in [-0.25, -0.2) is 9.78 Å². The Morgan fingerprint density at radius 1 is 1.26 bits per heavy atom. The summed E-state index contributed by atoms with van der Waals surface area (Å²) in [6.07, 6.45) is 3.81. The number of carbonyl (C=O) groups is 3. The Morgan fingerprint density at radius 2 is 2.00 bits per heavy atom. The molecule has 186 valence electrons. The van der Waals surface area contributed by atoms with Crippen molar-refractivity contribution < 1.29 is 38.1 Å². The third-order valence-electron chi connectivity index (χ3n) is 5.48. The molecular formula is C25H27NO8S. The summed E-state index contributed by atoms with van der Waals surface area (Å²) < 4.78 is 28.2. The molecule has 1 aromatic heterocycles. The number of carbonyl (C=O) groups excluding carboxylic acids is 3. The second-order valence-corrected chi connectivity index (χ2v) is 8.56. The Labute approximate surface area is 207 Å². The zero-order valence-electron chi connectivity index (χ0n) is 19.7. The predicted octanol–water partition coefficient (Wildman–Crippen LogP) is 2.43. The number of benzene rings is 1. The maximum atomic E-state index is 13.4. The Balaban J connectivity index is 1.99. The highest BCUT2D eigenvalue weighted by atomic mass is 32.1. The van der Waals surface area contributed by atoms with E-state index in [9.17, 15) is 14.4 Å². The van der Waals surface area contributed by atoms with Gasteiger partial charge in [0.2, 0.25) is 11.2 Å². The second-order valence-electron chi connectivity index (χ2n) is 7.85. The summed E-state index contributed by atoms with van der Waals surface area (Å²) in [5.74, 6) is 0.502. The molecule has 1 aliphatic heterocycles. The molecule has 4 atom stereocenters. The molecule has 0 bridgehead atoms. The number of aromatic nitrogens is 1. The number of ether oxygens (including phenoxy) is 5. The van der Waals surface area contributed by atoms with Gasteiger partial charge in [0.1, 0.15) is 6.10 Å². The van der Waals surface area contributed by atoms with E-state index in [4.69, 9.17) is 30.1 Å². The van der Waals surface area contributed by atoms with Crippen molar-refractivity contribution in [2.24, 2.45) is 0 Å². The zero-order chi connectivity index (χ0) is 25.5. The normalized spacial score (nSPS) is 23.0. The first-order chi connectivity index (χ1) is 16.8. The van der Waals surface area contributed by atoms with Crippen molar-refractivity contribution in [3.8, 4) is 12.3 Å². The minimum atomic E-state index is -1.74. The van der Waals surface area contributed by atoms with Gasteiger partial charge < -0.3 is 23.7 Å². The fourth-order valence-electron chi connectivity index (χ4n) is 3.95. The third-order valence-corrected chi connectivity index (χ3v) is 6.07. The minimum Gasteiger partial charge on any atom is -0.464 e. The molecule has 0 aliphatic carbocycles. The van der Waals surface area contributed by atoms with Crippen LogP contribution >= 0.6 is 11.3 Å². The van der Waals surface area contributed by atoms with Crippen LogP contribution in [0.2, 0.25) is 0 Å². The van der Waals surface area contributed by atoms with E-state index in [0.717, 1.165) is 5.56 Å². The van der Waals surface area contributed by atoms with Crippen LogP contribution in [0.1, 0.15) is 32.0 Å². The maximum absolute atomic E-state index is 13.4. The molecule has 0 amide bonds. The summed E-state index contributed by atoms with van der Waals surface area (Å²) in [4.78, 5) is 41.3. The van der Waals surface area contributed by atoms with E-state index in [1.807, 2.05) is 30.3 Å². The van der Waals surface area contributed by atoms with E-state index >= 15 is 0 Å². The van der Waals surface area contributed by atoms with Crippen LogP contribution in [0.3, 0.4) is 0 Å². The molecule has 9 nitrogen and oxygen atoms in total. The lowest BCUT2D eigenvalue weighted by Gasteiger charge is -2.35. The SMILES string of the molecule is C#C[C@]1(OC(C)=O)[C@@H](OC(C)=O)CO[C@@H]1COC(Cc1ccccc1)(C(=O)OCC)c1cscn1. The van der Waals surface area contributed by atoms with E-state index in [-0.39, 0.29) is 26.2 Å². The topological polar surface area (TPSA) is 110 Å². The molecule has 1 aromatic carbocycles. The van der Waals surface area contributed by atoms with Crippen molar-refractivity contribution in [3.63, 3.8) is 0 Å². The number of nitrogens with zero attached hydrogens (tertiary/aromatic N) is 1. The summed E-state index contributed by atoms with van der Waals surface area (Å²) in [6.45, 7) is 3.82. The van der Waals surface area contributed by atoms with Gasteiger partial charge in [-0.05, 0) is 12.5 Å². The van der Waals surface area contributed by atoms with Gasteiger partial charge in [-0.3, -0.25) is 9.59 Å². The van der Waals surface area contributed by atoms with Crippen LogP contribution in [0.4, 0.5) is 0 Å². The van der Waals surface area contributed by atoms with Gasteiger partial charge in [-0.15, -0.1) is 17.8 Å². The Kier molecular flexibility index (Phi) is 8.62. The lowest BCUT2D eigenvalue weighted by atomic mass is 9.90. The molecule has 1 saturated heterocycles. The number of hydrogen-bond donors (Lipinski definition) is 0. The van der Waals surface area contributed by atoms with Crippen LogP contribution < -0.4 is 0 Å². The van der Waals surface area contributed by atoms with Gasteiger partial charge in [-0.2, -0.15) is 0 Å². The summed E-state index contributed by atoms with van der Waals surface area (Å²) in [5.41, 5.74) is -0.616. The van der Waals surface area contributed by atoms with E-state index < -0.39 is 41.3 Å². The summed E-state index contributed by atoms with van der Waals surface area (Å²) >= 11 is 1.30. The first-order valence-electron chi connectivity index (χ1n) is 11.0. The lowest BCUT2D eigenvalue weighted by molar-refractivity contribution is -0.189. The highest BCUT2D eigenvalue weighted by molar-refractivity contribution is 7.07.